The summed E-state index contributed by atoms with van der Waals surface area (Å²) in [5.74, 6) is -2.75. The maximum Gasteiger partial charge on any atom is 0.431 e. The van der Waals surface area contributed by atoms with Crippen LogP contribution in [0.15, 0.2) is 30.3 Å². The van der Waals surface area contributed by atoms with Crippen LogP contribution in [0.25, 0.3) is 0 Å². The molecule has 1 fully saturated rings. The number of hydrogen-bond donors (Lipinski definition) is 3. The minimum Gasteiger partial charge on any atom is -0.463 e. The van der Waals surface area contributed by atoms with Crippen molar-refractivity contribution in [2.75, 3.05) is 59.4 Å². The minimum atomic E-state index is -1.23. The lowest BCUT2D eigenvalue weighted by Crippen LogP contribution is -2.66. The van der Waals surface area contributed by atoms with Gasteiger partial charge in [-0.25, -0.2) is 4.79 Å². The van der Waals surface area contributed by atoms with Gasteiger partial charge in [-0.15, -0.1) is 0 Å². The van der Waals surface area contributed by atoms with Gasteiger partial charge in [-0.05, 0) is 18.4 Å². The van der Waals surface area contributed by atoms with Crippen LogP contribution in [-0.2, 0) is 78.0 Å². The van der Waals surface area contributed by atoms with Crippen molar-refractivity contribution < 1.29 is 76.2 Å². The lowest BCUT2D eigenvalue weighted by atomic mass is 9.95. The second-order valence-corrected chi connectivity index (χ2v) is 13.4. The first-order valence-corrected chi connectivity index (χ1v) is 19.5. The molecule has 1 aromatic rings. The number of amides is 3. The molecule has 0 spiro atoms. The van der Waals surface area contributed by atoms with Gasteiger partial charge in [-0.2, -0.15) is 5.48 Å². The first-order valence-electron chi connectivity index (χ1n) is 19.5. The third kappa shape index (κ3) is 20.3. The molecule has 19 heteroatoms. The molecule has 2 rings (SSSR count). The molecule has 58 heavy (non-hydrogen) atoms. The van der Waals surface area contributed by atoms with Crippen molar-refractivity contribution in [1.82, 2.24) is 16.1 Å². The Bertz CT molecular complexity index is 1400. The molecule has 6 unspecified atom stereocenters. The van der Waals surface area contributed by atoms with Crippen molar-refractivity contribution in [3.63, 3.8) is 0 Å². The number of hydroxylamine groups is 1. The van der Waals surface area contributed by atoms with Gasteiger partial charge in [0.05, 0.1) is 46.2 Å². The molecule has 0 bridgehead atoms. The van der Waals surface area contributed by atoms with E-state index in [1.807, 2.05) is 37.3 Å². The third-order valence-electron chi connectivity index (χ3n) is 8.55. The van der Waals surface area contributed by atoms with Crippen molar-refractivity contribution in [3.8, 4) is 0 Å². The van der Waals surface area contributed by atoms with Crippen LogP contribution in [0.1, 0.15) is 79.2 Å². The summed E-state index contributed by atoms with van der Waals surface area (Å²) in [6.07, 6.45) is -2.33. The van der Waals surface area contributed by atoms with E-state index < -0.39 is 66.2 Å². The molecule has 0 saturated carbocycles. The number of hydrogen-bond acceptors (Lipinski definition) is 16. The fourth-order valence-electron chi connectivity index (χ4n) is 5.66. The lowest BCUT2D eigenvalue weighted by molar-refractivity contribution is -0.279. The van der Waals surface area contributed by atoms with Crippen molar-refractivity contribution in [3.05, 3.63) is 35.9 Å². The van der Waals surface area contributed by atoms with Crippen LogP contribution in [0.2, 0.25) is 0 Å². The van der Waals surface area contributed by atoms with Gasteiger partial charge in [0.2, 0.25) is 11.8 Å². The van der Waals surface area contributed by atoms with Crippen LogP contribution in [0.4, 0.5) is 4.79 Å². The van der Waals surface area contributed by atoms with Crippen LogP contribution in [0, 0.1) is 0 Å². The molecule has 0 aromatic heterocycles. The third-order valence-corrected chi connectivity index (χ3v) is 8.55. The number of unbranched alkanes of at least 4 members (excludes halogenated alkanes) is 1. The number of benzene rings is 1. The summed E-state index contributed by atoms with van der Waals surface area (Å²) in [5, 5.41) is 5.39. The Labute approximate surface area is 339 Å². The van der Waals surface area contributed by atoms with Crippen molar-refractivity contribution >= 4 is 35.8 Å². The van der Waals surface area contributed by atoms with Gasteiger partial charge in [0.15, 0.2) is 18.5 Å². The van der Waals surface area contributed by atoms with Crippen LogP contribution in [-0.4, -0.2) is 131 Å². The fraction of sp³-hybridized carbons (Fsp3) is 0.692. The van der Waals surface area contributed by atoms with Gasteiger partial charge in [0.1, 0.15) is 31.0 Å². The topological polar surface area (TPSA) is 231 Å². The highest BCUT2D eigenvalue weighted by atomic mass is 16.7. The second kappa shape index (κ2) is 28.1. The Hall–Kier alpha value is -4.40. The molecular weight excluding hydrogens is 766 g/mol. The van der Waals surface area contributed by atoms with Crippen LogP contribution >= 0.6 is 0 Å². The molecule has 1 aromatic carbocycles. The quantitative estimate of drug-likeness (QED) is 0.0477. The van der Waals surface area contributed by atoms with E-state index in [-0.39, 0.29) is 78.3 Å². The zero-order valence-corrected chi connectivity index (χ0v) is 34.4. The van der Waals surface area contributed by atoms with E-state index in [1.165, 1.54) is 13.8 Å². The average molecular weight is 828 g/mol. The number of nitrogens with one attached hydrogen (secondary N) is 3. The van der Waals surface area contributed by atoms with Crippen LogP contribution < -0.4 is 16.1 Å². The van der Waals surface area contributed by atoms with E-state index >= 15 is 0 Å². The Balaban J connectivity index is 1.69. The summed E-state index contributed by atoms with van der Waals surface area (Å²) < 4.78 is 49.8. The van der Waals surface area contributed by atoms with Crippen LogP contribution in [0.3, 0.4) is 0 Å². The normalized spacial score (nSPS) is 19.9. The summed E-state index contributed by atoms with van der Waals surface area (Å²) in [5.41, 5.74) is 2.47. The lowest BCUT2D eigenvalue weighted by Gasteiger charge is -2.44. The molecule has 1 aliphatic rings. The summed E-state index contributed by atoms with van der Waals surface area (Å²) in [6, 6.07) is 8.22. The van der Waals surface area contributed by atoms with E-state index in [0.29, 0.717) is 12.8 Å². The SMILES string of the molecule is CCCCC(CC)(COCCC(=O)NCCOCCOCCOC1OC(COC(C)=O)C(OC(C)=O)C(OC(C)=O)C1NC(C)=O)ONC(=O)OCc1ccccc1. The number of rotatable bonds is 28. The predicted molar refractivity (Wildman–Crippen MR) is 203 cm³/mol. The standard InChI is InChI=1S/C39H61N3O16/c1-7-9-16-39(8-2,58-42-38(48)54-24-31-13-11-10-12-14-31)26-51-18-15-33(47)40-17-19-49-20-21-50-22-23-52-37-34(41-27(3)43)36(56-30(6)46)35(55-29(5)45)32(57-37)25-53-28(4)44/h10-14,32,34-37H,7-9,15-26H2,1-6H3,(H,40,47)(H,41,43)(H,42,48). The first-order chi connectivity index (χ1) is 27.8. The largest absolute Gasteiger partial charge is 0.463 e. The Morgan fingerprint density at radius 1 is 0.776 bits per heavy atom. The highest BCUT2D eigenvalue weighted by Gasteiger charge is 2.51. The van der Waals surface area contributed by atoms with Gasteiger partial charge >= 0.3 is 24.0 Å². The van der Waals surface area contributed by atoms with E-state index in [4.69, 9.17) is 47.5 Å². The molecule has 3 N–H and O–H groups in total. The zero-order valence-electron chi connectivity index (χ0n) is 34.4. The fourth-order valence-corrected chi connectivity index (χ4v) is 5.66. The maximum atomic E-state index is 12.4. The number of carbonyl (C=O) groups excluding carboxylic acids is 6. The van der Waals surface area contributed by atoms with Gasteiger partial charge in [-0.1, -0.05) is 57.0 Å². The molecule has 0 aliphatic carbocycles. The molecule has 6 atom stereocenters. The summed E-state index contributed by atoms with van der Waals surface area (Å²) in [7, 11) is 0. The average Bonchev–Trinajstić information content (AvgIpc) is 3.18. The van der Waals surface area contributed by atoms with Gasteiger partial charge in [-0.3, -0.25) is 28.8 Å². The van der Waals surface area contributed by atoms with Crippen LogP contribution in [0.5, 0.6) is 0 Å². The number of carbonyl (C=O) groups is 6. The first kappa shape index (κ1) is 49.7. The van der Waals surface area contributed by atoms with E-state index in [1.54, 1.807) is 0 Å². The Morgan fingerprint density at radius 2 is 1.45 bits per heavy atom. The number of esters is 3. The van der Waals surface area contributed by atoms with Gasteiger partial charge in [0.25, 0.3) is 0 Å². The maximum absolute atomic E-state index is 12.4. The molecule has 19 nitrogen and oxygen atoms in total. The molecular formula is C39H61N3O16. The summed E-state index contributed by atoms with van der Waals surface area (Å²) >= 11 is 0. The van der Waals surface area contributed by atoms with E-state index in [2.05, 4.69) is 23.0 Å². The van der Waals surface area contributed by atoms with Gasteiger partial charge in [0, 0.05) is 40.7 Å². The molecule has 3 amide bonds. The predicted octanol–water partition coefficient (Wildman–Crippen LogP) is 2.41. The van der Waals surface area contributed by atoms with Crippen molar-refractivity contribution in [2.24, 2.45) is 0 Å². The second-order valence-electron chi connectivity index (χ2n) is 13.4. The molecule has 1 aliphatic heterocycles. The molecule has 328 valence electrons. The smallest absolute Gasteiger partial charge is 0.431 e. The monoisotopic (exact) mass is 827 g/mol. The minimum absolute atomic E-state index is 0.0217. The van der Waals surface area contributed by atoms with E-state index in [9.17, 15) is 28.8 Å². The number of ether oxygens (including phenoxy) is 9. The van der Waals surface area contributed by atoms with E-state index in [0.717, 1.165) is 32.3 Å². The molecule has 1 saturated heterocycles. The molecule has 1 heterocycles. The highest BCUT2D eigenvalue weighted by molar-refractivity contribution is 5.76. The van der Waals surface area contributed by atoms with Gasteiger partial charge < -0.3 is 53.3 Å². The Morgan fingerprint density at radius 3 is 2.09 bits per heavy atom. The Kier molecular flexibility index (Phi) is 24.1. The zero-order chi connectivity index (χ0) is 42.8. The highest BCUT2D eigenvalue weighted by Crippen LogP contribution is 2.28. The molecule has 0 radical (unpaired) electrons. The van der Waals surface area contributed by atoms with Crippen molar-refractivity contribution in [1.29, 1.82) is 0 Å². The summed E-state index contributed by atoms with van der Waals surface area (Å²) in [4.78, 5) is 77.9. The summed E-state index contributed by atoms with van der Waals surface area (Å²) in [6.45, 7) is 9.83. The van der Waals surface area contributed by atoms with Crippen molar-refractivity contribution in [2.45, 2.75) is 116 Å².